The molecule has 0 bridgehead atoms. The van der Waals surface area contributed by atoms with Gasteiger partial charge in [0, 0.05) is 13.1 Å². The van der Waals surface area contributed by atoms with E-state index in [2.05, 4.69) is 10.0 Å². The molecular weight excluding hydrogens is 438 g/mol. The molecule has 2 fully saturated rings. The van der Waals surface area contributed by atoms with Crippen molar-refractivity contribution in [3.8, 4) is 0 Å². The second kappa shape index (κ2) is 10.1. The maximum atomic E-state index is 13.4. The van der Waals surface area contributed by atoms with Gasteiger partial charge in [-0.2, -0.15) is 0 Å². The van der Waals surface area contributed by atoms with Crippen molar-refractivity contribution in [2.75, 3.05) is 12.8 Å². The SMILES string of the molecule is CS(=O)(=O)N[C@@H](C(=O)N1CCC[C@H]1C(=O)NCc1csc(C(=N)N)c1)C1CCCCC1. The van der Waals surface area contributed by atoms with Gasteiger partial charge < -0.3 is 16.0 Å². The van der Waals surface area contributed by atoms with Gasteiger partial charge in [0.05, 0.1) is 11.1 Å². The zero-order valence-electron chi connectivity index (χ0n) is 17.7. The molecule has 2 heterocycles. The Balaban J connectivity index is 1.67. The van der Waals surface area contributed by atoms with Gasteiger partial charge in [-0.05, 0) is 48.6 Å². The molecule has 1 aliphatic carbocycles. The highest BCUT2D eigenvalue weighted by atomic mass is 32.2. The lowest BCUT2D eigenvalue weighted by atomic mass is 9.83. The molecule has 1 aromatic rings. The number of nitrogens with one attached hydrogen (secondary N) is 3. The molecule has 1 saturated heterocycles. The molecule has 2 aliphatic rings. The summed E-state index contributed by atoms with van der Waals surface area (Å²) >= 11 is 1.34. The Kier molecular flexibility index (Phi) is 7.71. The molecule has 9 nitrogen and oxygen atoms in total. The Labute approximate surface area is 187 Å². The van der Waals surface area contributed by atoms with Gasteiger partial charge in [-0.15, -0.1) is 11.3 Å². The average Bonchev–Trinajstić information content (AvgIpc) is 3.39. The summed E-state index contributed by atoms with van der Waals surface area (Å²) in [4.78, 5) is 28.4. The van der Waals surface area contributed by atoms with E-state index < -0.39 is 22.1 Å². The number of sulfonamides is 1. The third-order valence-corrected chi connectivity index (χ3v) is 7.65. The topological polar surface area (TPSA) is 145 Å². The fourth-order valence-corrected chi connectivity index (χ4v) is 5.98. The fraction of sp³-hybridized carbons (Fsp3) is 0.650. The molecule has 2 atom stereocenters. The van der Waals surface area contributed by atoms with Crippen molar-refractivity contribution in [1.82, 2.24) is 14.9 Å². The number of nitrogen functional groups attached to an aromatic ring is 1. The third kappa shape index (κ3) is 6.27. The van der Waals surface area contributed by atoms with Gasteiger partial charge in [-0.25, -0.2) is 13.1 Å². The number of carbonyl (C=O) groups excluding carboxylic acids is 2. The highest BCUT2D eigenvalue weighted by Crippen LogP contribution is 2.29. The number of carbonyl (C=O) groups is 2. The van der Waals surface area contributed by atoms with E-state index in [-0.39, 0.29) is 30.1 Å². The molecule has 0 aromatic carbocycles. The molecule has 2 amide bonds. The lowest BCUT2D eigenvalue weighted by Crippen LogP contribution is -2.55. The van der Waals surface area contributed by atoms with Crippen LogP contribution in [0.4, 0.5) is 0 Å². The molecule has 1 saturated carbocycles. The second-order valence-corrected chi connectivity index (χ2v) is 11.1. The van der Waals surface area contributed by atoms with E-state index in [4.69, 9.17) is 11.1 Å². The molecule has 1 aromatic heterocycles. The van der Waals surface area contributed by atoms with Crippen LogP contribution in [-0.4, -0.2) is 55.9 Å². The number of hydrogen-bond donors (Lipinski definition) is 4. The normalized spacial score (nSPS) is 21.1. The molecule has 0 spiro atoms. The first-order valence-corrected chi connectivity index (χ1v) is 13.4. The van der Waals surface area contributed by atoms with Crippen molar-refractivity contribution in [3.05, 3.63) is 21.9 Å². The van der Waals surface area contributed by atoms with Crippen LogP contribution >= 0.6 is 11.3 Å². The molecule has 172 valence electrons. The maximum Gasteiger partial charge on any atom is 0.243 e. The average molecular weight is 470 g/mol. The van der Waals surface area contributed by atoms with E-state index in [1.54, 1.807) is 11.0 Å². The number of rotatable bonds is 8. The first kappa shape index (κ1) is 23.7. The quantitative estimate of drug-likeness (QED) is 0.333. The molecule has 0 unspecified atom stereocenters. The van der Waals surface area contributed by atoms with Crippen LogP contribution in [0, 0.1) is 11.3 Å². The minimum atomic E-state index is -3.56. The van der Waals surface area contributed by atoms with Crippen molar-refractivity contribution in [3.63, 3.8) is 0 Å². The zero-order valence-corrected chi connectivity index (χ0v) is 19.4. The minimum Gasteiger partial charge on any atom is -0.383 e. The predicted molar refractivity (Wildman–Crippen MR) is 120 cm³/mol. The van der Waals surface area contributed by atoms with Crippen LogP contribution in [0.15, 0.2) is 11.4 Å². The van der Waals surface area contributed by atoms with Gasteiger partial charge in [0.1, 0.15) is 17.9 Å². The van der Waals surface area contributed by atoms with E-state index >= 15 is 0 Å². The molecule has 3 rings (SSSR count). The zero-order chi connectivity index (χ0) is 22.6. The smallest absolute Gasteiger partial charge is 0.243 e. The number of nitrogens with zero attached hydrogens (tertiary/aromatic N) is 1. The first-order valence-electron chi connectivity index (χ1n) is 10.6. The fourth-order valence-electron chi connectivity index (χ4n) is 4.44. The maximum absolute atomic E-state index is 13.4. The Hall–Kier alpha value is -1.98. The Morgan fingerprint density at radius 2 is 1.97 bits per heavy atom. The summed E-state index contributed by atoms with van der Waals surface area (Å²) in [5.74, 6) is -0.606. The molecular formula is C20H31N5O4S2. The Morgan fingerprint density at radius 3 is 2.58 bits per heavy atom. The molecule has 0 radical (unpaired) electrons. The summed E-state index contributed by atoms with van der Waals surface area (Å²) in [5, 5.41) is 12.2. The van der Waals surface area contributed by atoms with Gasteiger partial charge >= 0.3 is 0 Å². The highest BCUT2D eigenvalue weighted by Gasteiger charge is 2.40. The molecule has 1 aliphatic heterocycles. The largest absolute Gasteiger partial charge is 0.383 e. The summed E-state index contributed by atoms with van der Waals surface area (Å²) in [5.41, 5.74) is 6.33. The summed E-state index contributed by atoms with van der Waals surface area (Å²) in [6.45, 7) is 0.729. The van der Waals surface area contributed by atoms with Crippen molar-refractivity contribution >= 4 is 39.0 Å². The van der Waals surface area contributed by atoms with Crippen molar-refractivity contribution in [2.24, 2.45) is 11.7 Å². The van der Waals surface area contributed by atoms with Crippen LogP contribution in [0.5, 0.6) is 0 Å². The lowest BCUT2D eigenvalue weighted by molar-refractivity contribution is -0.141. The number of amides is 2. The Bertz CT molecular complexity index is 924. The summed E-state index contributed by atoms with van der Waals surface area (Å²) < 4.78 is 26.4. The van der Waals surface area contributed by atoms with Gasteiger partial charge in [-0.1, -0.05) is 19.3 Å². The van der Waals surface area contributed by atoms with Crippen LogP contribution in [0.2, 0.25) is 0 Å². The number of nitrogens with two attached hydrogens (primary N) is 1. The summed E-state index contributed by atoms with van der Waals surface area (Å²) in [7, 11) is -3.56. The number of hydrogen-bond acceptors (Lipinski definition) is 6. The van der Waals surface area contributed by atoms with Crippen LogP contribution in [0.25, 0.3) is 0 Å². The number of thiophene rings is 1. The molecule has 11 heteroatoms. The van der Waals surface area contributed by atoms with Crippen LogP contribution in [-0.2, 0) is 26.2 Å². The monoisotopic (exact) mass is 469 g/mol. The molecule has 31 heavy (non-hydrogen) atoms. The van der Waals surface area contributed by atoms with E-state index in [1.807, 2.05) is 5.38 Å². The van der Waals surface area contributed by atoms with E-state index in [0.717, 1.165) is 43.9 Å². The van der Waals surface area contributed by atoms with E-state index in [1.165, 1.54) is 11.3 Å². The van der Waals surface area contributed by atoms with Gasteiger partial charge in [0.15, 0.2) is 0 Å². The van der Waals surface area contributed by atoms with Gasteiger partial charge in [-0.3, -0.25) is 15.0 Å². The van der Waals surface area contributed by atoms with E-state index in [0.29, 0.717) is 24.3 Å². The number of likely N-dealkylation sites (tertiary alicyclic amines) is 1. The molecule has 5 N–H and O–H groups in total. The first-order chi connectivity index (χ1) is 14.7. The van der Waals surface area contributed by atoms with Crippen molar-refractivity contribution < 1.29 is 18.0 Å². The van der Waals surface area contributed by atoms with Crippen molar-refractivity contribution in [1.29, 1.82) is 5.41 Å². The van der Waals surface area contributed by atoms with Gasteiger partial charge in [0.25, 0.3) is 0 Å². The minimum absolute atomic E-state index is 0.0118. The summed E-state index contributed by atoms with van der Waals surface area (Å²) in [6.07, 6.45) is 6.99. The van der Waals surface area contributed by atoms with Gasteiger partial charge in [0.2, 0.25) is 21.8 Å². The second-order valence-electron chi connectivity index (χ2n) is 8.41. The van der Waals surface area contributed by atoms with Crippen LogP contribution < -0.4 is 15.8 Å². The lowest BCUT2D eigenvalue weighted by Gasteiger charge is -2.34. The number of amidine groups is 1. The third-order valence-electron chi connectivity index (χ3n) is 5.95. The standard InChI is InChI=1S/C20H31N5O4S2/c1-31(28,29)24-17(14-6-3-2-4-7-14)20(27)25-9-5-8-15(25)19(26)23-11-13-10-16(18(21)22)30-12-13/h10,12,14-15,17,24H,2-9,11H2,1H3,(H3,21,22)(H,23,26)/t15-,17+/m0/s1. The van der Waals surface area contributed by atoms with E-state index in [9.17, 15) is 18.0 Å². The van der Waals surface area contributed by atoms with Crippen LogP contribution in [0.3, 0.4) is 0 Å². The predicted octanol–water partition coefficient (Wildman–Crippen LogP) is 1.14. The van der Waals surface area contributed by atoms with Crippen molar-refractivity contribution in [2.45, 2.75) is 63.6 Å². The highest BCUT2D eigenvalue weighted by molar-refractivity contribution is 7.88. The van der Waals surface area contributed by atoms with Crippen LogP contribution in [0.1, 0.15) is 55.4 Å². The Morgan fingerprint density at radius 1 is 1.26 bits per heavy atom. The summed E-state index contributed by atoms with van der Waals surface area (Å²) in [6, 6.07) is 0.338.